The molecule has 4 atom stereocenters. The van der Waals surface area contributed by atoms with Crippen molar-refractivity contribution in [1.82, 2.24) is 15.5 Å². The van der Waals surface area contributed by atoms with Gasteiger partial charge in [-0.3, -0.25) is 9.59 Å². The molecule has 0 spiro atoms. The first-order chi connectivity index (χ1) is 12.9. The van der Waals surface area contributed by atoms with E-state index in [1.165, 1.54) is 5.56 Å². The first-order valence-electron chi connectivity index (χ1n) is 9.70. The van der Waals surface area contributed by atoms with E-state index in [0.717, 1.165) is 12.8 Å². The molecule has 0 aromatic heterocycles. The van der Waals surface area contributed by atoms with E-state index in [1.54, 1.807) is 4.90 Å². The maximum Gasteiger partial charge on any atom is 0.319 e. The number of hydrogen-bond acceptors (Lipinski definition) is 3. The lowest BCUT2D eigenvalue weighted by atomic mass is 9.95. The quantitative estimate of drug-likeness (QED) is 0.737. The van der Waals surface area contributed by atoms with E-state index in [1.807, 2.05) is 38.1 Å². The molecule has 7 nitrogen and oxygen atoms in total. The van der Waals surface area contributed by atoms with Gasteiger partial charge >= 0.3 is 6.03 Å². The minimum atomic E-state index is -0.494. The van der Waals surface area contributed by atoms with Gasteiger partial charge in [0, 0.05) is 12.2 Å². The van der Waals surface area contributed by atoms with Crippen molar-refractivity contribution >= 4 is 23.5 Å². The lowest BCUT2D eigenvalue weighted by molar-refractivity contribution is -0.148. The molecule has 0 saturated carbocycles. The Labute approximate surface area is 159 Å². The SMILES string of the molecule is CCc1ccc(NC(=O)N[C@H]2C[C@H]3C(=O)N[C@@H]([C@@H](C)CC)C(=O)N3C2)cc1. The van der Waals surface area contributed by atoms with Crippen molar-refractivity contribution in [3.63, 3.8) is 0 Å². The molecule has 1 aromatic carbocycles. The summed E-state index contributed by atoms with van der Waals surface area (Å²) in [6, 6.07) is 6.15. The summed E-state index contributed by atoms with van der Waals surface area (Å²) >= 11 is 0. The fourth-order valence-electron chi connectivity index (χ4n) is 3.72. The zero-order valence-electron chi connectivity index (χ0n) is 16.1. The van der Waals surface area contributed by atoms with Crippen molar-refractivity contribution < 1.29 is 14.4 Å². The number of carbonyl (C=O) groups is 3. The number of piperazine rings is 1. The zero-order valence-corrected chi connectivity index (χ0v) is 16.1. The molecule has 0 aliphatic carbocycles. The maximum absolute atomic E-state index is 12.7. The number of anilines is 1. The molecule has 2 aliphatic rings. The summed E-state index contributed by atoms with van der Waals surface area (Å²) in [7, 11) is 0. The number of benzene rings is 1. The summed E-state index contributed by atoms with van der Waals surface area (Å²) in [5.74, 6) is -0.0858. The molecule has 0 bridgehead atoms. The van der Waals surface area contributed by atoms with Gasteiger partial charge in [0.05, 0.1) is 6.04 Å². The van der Waals surface area contributed by atoms with Crippen LogP contribution in [0, 0.1) is 5.92 Å². The number of fused-ring (bicyclic) bond motifs is 1. The Balaban J connectivity index is 1.59. The molecule has 0 radical (unpaired) electrons. The van der Waals surface area contributed by atoms with Gasteiger partial charge in [-0.1, -0.05) is 39.3 Å². The van der Waals surface area contributed by atoms with Gasteiger partial charge in [-0.05, 0) is 36.5 Å². The highest BCUT2D eigenvalue weighted by atomic mass is 16.2. The summed E-state index contributed by atoms with van der Waals surface area (Å²) in [5.41, 5.74) is 1.92. The largest absolute Gasteiger partial charge is 0.342 e. The summed E-state index contributed by atoms with van der Waals surface area (Å²) in [6.45, 7) is 6.41. The van der Waals surface area contributed by atoms with E-state index >= 15 is 0 Å². The third-order valence-corrected chi connectivity index (χ3v) is 5.62. The lowest BCUT2D eigenvalue weighted by Crippen LogP contribution is -2.62. The van der Waals surface area contributed by atoms with Gasteiger partial charge in [-0.25, -0.2) is 4.79 Å². The highest BCUT2D eigenvalue weighted by Crippen LogP contribution is 2.25. The number of nitrogens with one attached hydrogen (secondary N) is 3. The van der Waals surface area contributed by atoms with E-state index in [0.29, 0.717) is 18.7 Å². The molecule has 2 saturated heterocycles. The van der Waals surface area contributed by atoms with Gasteiger partial charge in [0.25, 0.3) is 0 Å². The van der Waals surface area contributed by atoms with Gasteiger partial charge in [-0.15, -0.1) is 0 Å². The molecule has 3 N–H and O–H groups in total. The highest BCUT2D eigenvalue weighted by molar-refractivity contribution is 5.98. The Bertz CT molecular complexity index is 718. The van der Waals surface area contributed by atoms with Crippen LogP contribution in [0.25, 0.3) is 0 Å². The molecule has 146 valence electrons. The first-order valence-corrected chi connectivity index (χ1v) is 9.70. The number of aryl methyl sites for hydroxylation is 1. The Hall–Kier alpha value is -2.57. The second kappa shape index (κ2) is 7.98. The van der Waals surface area contributed by atoms with Crippen LogP contribution < -0.4 is 16.0 Å². The van der Waals surface area contributed by atoms with Gasteiger partial charge < -0.3 is 20.9 Å². The lowest BCUT2D eigenvalue weighted by Gasteiger charge is -2.36. The fraction of sp³-hybridized carbons (Fsp3) is 0.550. The van der Waals surface area contributed by atoms with E-state index in [2.05, 4.69) is 22.9 Å². The van der Waals surface area contributed by atoms with Crippen molar-refractivity contribution in [2.24, 2.45) is 5.92 Å². The van der Waals surface area contributed by atoms with Gasteiger partial charge in [0.15, 0.2) is 0 Å². The van der Waals surface area contributed by atoms with Crippen molar-refractivity contribution in [2.75, 3.05) is 11.9 Å². The Morgan fingerprint density at radius 3 is 2.59 bits per heavy atom. The molecule has 7 heteroatoms. The summed E-state index contributed by atoms with van der Waals surface area (Å²) in [6.07, 6.45) is 2.20. The third-order valence-electron chi connectivity index (χ3n) is 5.62. The number of amides is 4. The van der Waals surface area contributed by atoms with Gasteiger partial charge in [0.2, 0.25) is 11.8 Å². The fourth-order valence-corrected chi connectivity index (χ4v) is 3.72. The van der Waals surface area contributed by atoms with E-state index in [9.17, 15) is 14.4 Å². The molecule has 27 heavy (non-hydrogen) atoms. The van der Waals surface area contributed by atoms with Crippen molar-refractivity contribution in [1.29, 1.82) is 0 Å². The number of nitrogens with zero attached hydrogens (tertiary/aromatic N) is 1. The second-order valence-electron chi connectivity index (χ2n) is 7.46. The minimum Gasteiger partial charge on any atom is -0.342 e. The van der Waals surface area contributed by atoms with E-state index in [4.69, 9.17) is 0 Å². The van der Waals surface area contributed by atoms with Crippen LogP contribution in [0.15, 0.2) is 24.3 Å². The molecule has 2 fully saturated rings. The molecular weight excluding hydrogens is 344 g/mol. The van der Waals surface area contributed by atoms with Crippen molar-refractivity contribution in [3.8, 4) is 0 Å². The van der Waals surface area contributed by atoms with Crippen molar-refractivity contribution in [2.45, 2.75) is 58.2 Å². The smallest absolute Gasteiger partial charge is 0.319 e. The summed E-state index contributed by atoms with van der Waals surface area (Å²) in [4.78, 5) is 39.0. The zero-order chi connectivity index (χ0) is 19.6. The van der Waals surface area contributed by atoms with Crippen LogP contribution in [-0.2, 0) is 16.0 Å². The van der Waals surface area contributed by atoms with Crippen LogP contribution in [0.4, 0.5) is 10.5 Å². The third kappa shape index (κ3) is 4.07. The van der Waals surface area contributed by atoms with Crippen LogP contribution >= 0.6 is 0 Å². The minimum absolute atomic E-state index is 0.0474. The standard InChI is InChI=1S/C20H28N4O3/c1-4-12(3)17-19(26)24-11-15(10-16(24)18(25)23-17)22-20(27)21-14-8-6-13(5-2)7-9-14/h6-9,12,15-17H,4-5,10-11H2,1-3H3,(H,23,25)(H2,21,22,27)/t12-,15-,16-,17-/m0/s1. The molecule has 0 unspecified atom stereocenters. The van der Waals surface area contributed by atoms with Crippen LogP contribution in [0.5, 0.6) is 0 Å². The van der Waals surface area contributed by atoms with E-state index < -0.39 is 12.1 Å². The average molecular weight is 372 g/mol. The molecule has 2 heterocycles. The predicted octanol–water partition coefficient (Wildman–Crippen LogP) is 1.88. The topological polar surface area (TPSA) is 90.5 Å². The summed E-state index contributed by atoms with van der Waals surface area (Å²) in [5, 5.41) is 8.55. The van der Waals surface area contributed by atoms with Crippen molar-refractivity contribution in [3.05, 3.63) is 29.8 Å². The Morgan fingerprint density at radius 1 is 1.26 bits per heavy atom. The number of urea groups is 1. The first kappa shape index (κ1) is 19.2. The maximum atomic E-state index is 12.7. The van der Waals surface area contributed by atoms with Crippen LogP contribution in [0.1, 0.15) is 39.2 Å². The van der Waals surface area contributed by atoms with Crippen LogP contribution in [0.2, 0.25) is 0 Å². The van der Waals surface area contributed by atoms with Gasteiger partial charge in [0.1, 0.15) is 12.1 Å². The average Bonchev–Trinajstić information content (AvgIpc) is 3.09. The highest BCUT2D eigenvalue weighted by Gasteiger charge is 2.47. The Kier molecular flexibility index (Phi) is 5.68. The normalized spacial score (nSPS) is 25.6. The van der Waals surface area contributed by atoms with Crippen LogP contribution in [-0.4, -0.2) is 47.4 Å². The predicted molar refractivity (Wildman–Crippen MR) is 103 cm³/mol. The number of rotatable bonds is 5. The second-order valence-corrected chi connectivity index (χ2v) is 7.46. The van der Waals surface area contributed by atoms with E-state index in [-0.39, 0.29) is 29.8 Å². The molecule has 2 aliphatic heterocycles. The van der Waals surface area contributed by atoms with Gasteiger partial charge in [-0.2, -0.15) is 0 Å². The molecular formula is C20H28N4O3. The molecule has 4 amide bonds. The molecule has 1 aromatic rings. The number of hydrogen-bond donors (Lipinski definition) is 3. The molecule has 3 rings (SSSR count). The summed E-state index contributed by atoms with van der Waals surface area (Å²) < 4.78 is 0. The Morgan fingerprint density at radius 2 is 1.96 bits per heavy atom. The monoisotopic (exact) mass is 372 g/mol. The van der Waals surface area contributed by atoms with Crippen LogP contribution in [0.3, 0.4) is 0 Å². The number of carbonyl (C=O) groups excluding carboxylic acids is 3.